The minimum Gasteiger partial charge on any atom is -0.358 e. The van der Waals surface area contributed by atoms with Crippen molar-refractivity contribution in [1.82, 2.24) is 15.0 Å². The molecule has 2 heterocycles. The van der Waals surface area contributed by atoms with Crippen molar-refractivity contribution in [3.8, 4) is 0 Å². The van der Waals surface area contributed by atoms with Crippen LogP contribution in [0.15, 0.2) is 48.8 Å². The molecule has 0 bridgehead atoms. The number of fused-ring (bicyclic) bond motifs is 1. The third kappa shape index (κ3) is 2.18. The first-order chi connectivity index (χ1) is 8.42. The number of hydrogen-bond acceptors (Lipinski definition) is 2. The Kier molecular flexibility index (Phi) is 2.58. The third-order valence-electron chi connectivity index (χ3n) is 2.82. The van der Waals surface area contributed by atoms with Crippen LogP contribution in [0.5, 0.6) is 0 Å². The van der Waals surface area contributed by atoms with E-state index in [-0.39, 0.29) is 0 Å². The lowest BCUT2D eigenvalue weighted by Crippen LogP contribution is -1.96. The van der Waals surface area contributed by atoms with Gasteiger partial charge >= 0.3 is 0 Å². The molecule has 0 aliphatic rings. The van der Waals surface area contributed by atoms with Crippen molar-refractivity contribution in [2.75, 3.05) is 0 Å². The van der Waals surface area contributed by atoms with Crippen molar-refractivity contribution in [2.45, 2.75) is 12.8 Å². The molecule has 0 amide bonds. The second-order valence-electron chi connectivity index (χ2n) is 4.05. The molecule has 0 aliphatic heterocycles. The monoisotopic (exact) mass is 223 g/mol. The highest BCUT2D eigenvalue weighted by Gasteiger charge is 2.01. The maximum atomic E-state index is 4.22. The number of benzene rings is 1. The first-order valence-corrected chi connectivity index (χ1v) is 5.74. The summed E-state index contributed by atoms with van der Waals surface area (Å²) >= 11 is 0. The van der Waals surface area contributed by atoms with Crippen LogP contribution in [0, 0.1) is 0 Å². The van der Waals surface area contributed by atoms with Gasteiger partial charge in [0, 0.05) is 30.0 Å². The maximum Gasteiger partial charge on any atom is 0.128 e. The third-order valence-corrected chi connectivity index (χ3v) is 2.82. The predicted octanol–water partition coefficient (Wildman–Crippen LogP) is 2.74. The molecule has 1 aromatic carbocycles. The van der Waals surface area contributed by atoms with Crippen molar-refractivity contribution in [1.29, 1.82) is 0 Å². The van der Waals surface area contributed by atoms with Crippen LogP contribution >= 0.6 is 0 Å². The summed E-state index contributed by atoms with van der Waals surface area (Å²) in [6, 6.07) is 12.3. The predicted molar refractivity (Wildman–Crippen MR) is 67.7 cm³/mol. The zero-order valence-corrected chi connectivity index (χ0v) is 9.43. The summed E-state index contributed by atoms with van der Waals surface area (Å²) in [6.45, 7) is 0. The second-order valence-corrected chi connectivity index (χ2v) is 4.05. The van der Waals surface area contributed by atoms with E-state index in [9.17, 15) is 0 Å². The molecule has 0 unspecified atom stereocenters. The number of aromatic amines is 1. The van der Waals surface area contributed by atoms with Crippen molar-refractivity contribution < 1.29 is 0 Å². The number of H-pyrrole nitrogens is 1. The fourth-order valence-corrected chi connectivity index (χ4v) is 1.97. The smallest absolute Gasteiger partial charge is 0.128 e. The Morgan fingerprint density at radius 2 is 1.76 bits per heavy atom. The molecule has 0 aliphatic carbocycles. The number of aryl methyl sites for hydroxylation is 2. The summed E-state index contributed by atoms with van der Waals surface area (Å²) in [5.74, 6) is 0.895. The van der Waals surface area contributed by atoms with Gasteiger partial charge in [-0.05, 0) is 30.0 Å². The molecule has 0 atom stereocenters. The lowest BCUT2D eigenvalue weighted by molar-refractivity contribution is 0.843. The normalized spacial score (nSPS) is 10.8. The van der Waals surface area contributed by atoms with E-state index in [1.165, 1.54) is 16.6 Å². The standard InChI is InChI=1S/C14H13N3/c1-2-5-13-11(4-1)10-12(17-13)6-7-14-15-8-3-9-16-14/h1-5,8-10,17H,6-7H2. The lowest BCUT2D eigenvalue weighted by atomic mass is 10.2. The number of aromatic nitrogens is 3. The van der Waals surface area contributed by atoms with E-state index >= 15 is 0 Å². The van der Waals surface area contributed by atoms with E-state index in [1.807, 2.05) is 12.1 Å². The topological polar surface area (TPSA) is 41.6 Å². The van der Waals surface area contributed by atoms with Crippen LogP contribution in [0.3, 0.4) is 0 Å². The van der Waals surface area contributed by atoms with Crippen LogP contribution in [-0.2, 0) is 12.8 Å². The van der Waals surface area contributed by atoms with Gasteiger partial charge in [0.15, 0.2) is 0 Å². The zero-order valence-electron chi connectivity index (χ0n) is 9.43. The Hall–Kier alpha value is -2.16. The van der Waals surface area contributed by atoms with Gasteiger partial charge in [0.1, 0.15) is 5.82 Å². The lowest BCUT2D eigenvalue weighted by Gasteiger charge is -1.96. The molecule has 1 N–H and O–H groups in total. The SMILES string of the molecule is c1cnc(CCc2cc3ccccc3[nH]2)nc1. The van der Waals surface area contributed by atoms with Crippen molar-refractivity contribution in [3.05, 3.63) is 60.3 Å². The van der Waals surface area contributed by atoms with E-state index in [1.54, 1.807) is 12.4 Å². The summed E-state index contributed by atoms with van der Waals surface area (Å²) in [7, 11) is 0. The molecule has 3 aromatic rings. The summed E-state index contributed by atoms with van der Waals surface area (Å²) in [5.41, 5.74) is 2.43. The Morgan fingerprint density at radius 1 is 0.941 bits per heavy atom. The average molecular weight is 223 g/mol. The first kappa shape index (κ1) is 10.0. The number of para-hydroxylation sites is 1. The summed E-state index contributed by atoms with van der Waals surface area (Å²) < 4.78 is 0. The highest BCUT2D eigenvalue weighted by Crippen LogP contribution is 2.15. The molecule has 84 valence electrons. The fraction of sp³-hybridized carbons (Fsp3) is 0.143. The molecular weight excluding hydrogens is 210 g/mol. The second kappa shape index (κ2) is 4.37. The minimum absolute atomic E-state index is 0.869. The fourth-order valence-electron chi connectivity index (χ4n) is 1.97. The van der Waals surface area contributed by atoms with Gasteiger partial charge in [-0.15, -0.1) is 0 Å². The summed E-state index contributed by atoms with van der Waals surface area (Å²) in [5, 5.41) is 1.26. The largest absolute Gasteiger partial charge is 0.358 e. The highest BCUT2D eigenvalue weighted by atomic mass is 14.8. The first-order valence-electron chi connectivity index (χ1n) is 5.74. The van der Waals surface area contributed by atoms with Crippen LogP contribution < -0.4 is 0 Å². The van der Waals surface area contributed by atoms with Gasteiger partial charge in [0.25, 0.3) is 0 Å². The van der Waals surface area contributed by atoms with Gasteiger partial charge in [-0.25, -0.2) is 9.97 Å². The molecule has 0 radical (unpaired) electrons. The molecule has 17 heavy (non-hydrogen) atoms. The molecule has 0 fully saturated rings. The average Bonchev–Trinajstić information content (AvgIpc) is 2.80. The Balaban J connectivity index is 1.77. The summed E-state index contributed by atoms with van der Waals surface area (Å²) in [4.78, 5) is 11.9. The van der Waals surface area contributed by atoms with Crippen LogP contribution in [-0.4, -0.2) is 15.0 Å². The van der Waals surface area contributed by atoms with Gasteiger partial charge in [-0.3, -0.25) is 0 Å². The number of nitrogens with zero attached hydrogens (tertiary/aromatic N) is 2. The molecule has 0 spiro atoms. The quantitative estimate of drug-likeness (QED) is 0.741. The maximum absolute atomic E-state index is 4.22. The molecule has 3 heteroatoms. The summed E-state index contributed by atoms with van der Waals surface area (Å²) in [6.07, 6.45) is 5.38. The van der Waals surface area contributed by atoms with Crippen LogP contribution in [0.2, 0.25) is 0 Å². The van der Waals surface area contributed by atoms with Gasteiger partial charge in [0.05, 0.1) is 0 Å². The van der Waals surface area contributed by atoms with E-state index < -0.39 is 0 Å². The highest BCUT2D eigenvalue weighted by molar-refractivity contribution is 5.80. The van der Waals surface area contributed by atoms with Crippen molar-refractivity contribution >= 4 is 10.9 Å². The minimum atomic E-state index is 0.869. The van der Waals surface area contributed by atoms with Gasteiger partial charge in [-0.1, -0.05) is 18.2 Å². The molecule has 3 rings (SSSR count). The van der Waals surface area contributed by atoms with E-state index in [2.05, 4.69) is 39.2 Å². The van der Waals surface area contributed by atoms with E-state index in [0.29, 0.717) is 0 Å². The van der Waals surface area contributed by atoms with E-state index in [0.717, 1.165) is 18.7 Å². The van der Waals surface area contributed by atoms with E-state index in [4.69, 9.17) is 0 Å². The van der Waals surface area contributed by atoms with Crippen molar-refractivity contribution in [3.63, 3.8) is 0 Å². The number of hydrogen-bond donors (Lipinski definition) is 1. The Morgan fingerprint density at radius 3 is 2.59 bits per heavy atom. The molecule has 2 aromatic heterocycles. The molecule has 0 saturated carbocycles. The Labute approximate surface area is 99.5 Å². The molecule has 0 saturated heterocycles. The van der Waals surface area contributed by atoms with Gasteiger partial charge in [-0.2, -0.15) is 0 Å². The van der Waals surface area contributed by atoms with Crippen molar-refractivity contribution in [2.24, 2.45) is 0 Å². The zero-order chi connectivity index (χ0) is 11.5. The van der Waals surface area contributed by atoms with Crippen LogP contribution in [0.4, 0.5) is 0 Å². The molecule has 3 nitrogen and oxygen atoms in total. The van der Waals surface area contributed by atoms with Gasteiger partial charge < -0.3 is 4.98 Å². The number of nitrogens with one attached hydrogen (secondary N) is 1. The Bertz CT molecular complexity index is 580. The van der Waals surface area contributed by atoms with Crippen LogP contribution in [0.1, 0.15) is 11.5 Å². The number of rotatable bonds is 3. The molecular formula is C14H13N3. The van der Waals surface area contributed by atoms with Gasteiger partial charge in [0.2, 0.25) is 0 Å². The van der Waals surface area contributed by atoms with Crippen LogP contribution in [0.25, 0.3) is 10.9 Å².